The van der Waals surface area contributed by atoms with Crippen molar-refractivity contribution in [3.8, 4) is 0 Å². The quantitative estimate of drug-likeness (QED) is 0.809. The highest BCUT2D eigenvalue weighted by atomic mass is 19.1. The van der Waals surface area contributed by atoms with Crippen molar-refractivity contribution in [1.82, 2.24) is 14.9 Å². The molecule has 2 heterocycles. The molecule has 0 spiro atoms. The lowest BCUT2D eigenvalue weighted by molar-refractivity contribution is -0.126. The predicted octanol–water partition coefficient (Wildman–Crippen LogP) is 1.72. The van der Waals surface area contributed by atoms with Crippen LogP contribution in [0.15, 0.2) is 36.9 Å². The van der Waals surface area contributed by atoms with Gasteiger partial charge in [0.25, 0.3) is 0 Å². The molecule has 2 aromatic rings. The average Bonchev–Trinajstić information content (AvgIpc) is 3.21. The van der Waals surface area contributed by atoms with Crippen LogP contribution in [0.1, 0.15) is 12.8 Å². The lowest BCUT2D eigenvalue weighted by Crippen LogP contribution is -2.34. The number of amides is 2. The van der Waals surface area contributed by atoms with Crippen LogP contribution < -0.4 is 10.2 Å². The van der Waals surface area contributed by atoms with Crippen LogP contribution >= 0.6 is 0 Å². The highest BCUT2D eigenvalue weighted by molar-refractivity contribution is 6.00. The van der Waals surface area contributed by atoms with Gasteiger partial charge in [0.05, 0.1) is 17.9 Å². The summed E-state index contributed by atoms with van der Waals surface area (Å²) in [6.45, 7) is 1.30. The molecule has 0 radical (unpaired) electrons. The Bertz CT molecular complexity index is 764. The summed E-state index contributed by atoms with van der Waals surface area (Å²) in [7, 11) is 0. The van der Waals surface area contributed by atoms with Crippen LogP contribution in [0, 0.1) is 17.6 Å². The van der Waals surface area contributed by atoms with Crippen LogP contribution in [0.2, 0.25) is 0 Å². The van der Waals surface area contributed by atoms with E-state index in [4.69, 9.17) is 0 Å². The number of benzene rings is 1. The van der Waals surface area contributed by atoms with Crippen molar-refractivity contribution in [3.05, 3.63) is 48.6 Å². The zero-order chi connectivity index (χ0) is 17.8. The number of aryl methyl sites for hydroxylation is 1. The molecule has 1 aromatic heterocycles. The molecule has 3 rings (SSSR count). The number of carbonyl (C=O) groups is 2. The second-order valence-electron chi connectivity index (χ2n) is 5.95. The highest BCUT2D eigenvalue weighted by Crippen LogP contribution is 2.27. The van der Waals surface area contributed by atoms with Crippen molar-refractivity contribution in [2.75, 3.05) is 18.0 Å². The number of imidazole rings is 1. The molecule has 1 aliphatic rings. The number of nitrogens with one attached hydrogen (secondary N) is 1. The molecule has 8 heteroatoms. The minimum Gasteiger partial charge on any atom is -0.356 e. The van der Waals surface area contributed by atoms with E-state index in [-0.39, 0.29) is 30.5 Å². The predicted molar refractivity (Wildman–Crippen MR) is 86.7 cm³/mol. The van der Waals surface area contributed by atoms with Gasteiger partial charge in [-0.15, -0.1) is 0 Å². The first-order valence-electron chi connectivity index (χ1n) is 8.03. The fourth-order valence-electron chi connectivity index (χ4n) is 2.85. The van der Waals surface area contributed by atoms with Crippen LogP contribution in [0.4, 0.5) is 14.5 Å². The highest BCUT2D eigenvalue weighted by Gasteiger charge is 2.36. The Kier molecular flexibility index (Phi) is 5.06. The first kappa shape index (κ1) is 17.1. The molecule has 1 aliphatic heterocycles. The fourth-order valence-corrected chi connectivity index (χ4v) is 2.85. The van der Waals surface area contributed by atoms with Crippen molar-refractivity contribution >= 4 is 17.5 Å². The van der Waals surface area contributed by atoms with Gasteiger partial charge in [0.1, 0.15) is 11.6 Å². The number of aromatic nitrogens is 2. The molecule has 1 atom stereocenters. The molecule has 132 valence electrons. The van der Waals surface area contributed by atoms with E-state index >= 15 is 0 Å². The summed E-state index contributed by atoms with van der Waals surface area (Å²) >= 11 is 0. The molecule has 0 unspecified atom stereocenters. The minimum absolute atomic E-state index is 0.00167. The Morgan fingerprint density at radius 2 is 2.20 bits per heavy atom. The van der Waals surface area contributed by atoms with Gasteiger partial charge in [-0.1, -0.05) is 0 Å². The third-order valence-electron chi connectivity index (χ3n) is 4.15. The second-order valence-corrected chi connectivity index (χ2v) is 5.95. The van der Waals surface area contributed by atoms with Crippen LogP contribution in [0.3, 0.4) is 0 Å². The number of nitrogens with zero attached hydrogens (tertiary/aromatic N) is 3. The molecular formula is C17H18F2N4O2. The first-order chi connectivity index (χ1) is 12.0. The Morgan fingerprint density at radius 3 is 2.92 bits per heavy atom. The van der Waals surface area contributed by atoms with Crippen molar-refractivity contribution in [3.63, 3.8) is 0 Å². The largest absolute Gasteiger partial charge is 0.356 e. The molecule has 1 aromatic carbocycles. The lowest BCUT2D eigenvalue weighted by Gasteiger charge is -2.17. The number of halogens is 2. The van der Waals surface area contributed by atoms with Crippen molar-refractivity contribution in [2.45, 2.75) is 19.4 Å². The zero-order valence-corrected chi connectivity index (χ0v) is 13.5. The Labute approximate surface area is 143 Å². The average molecular weight is 348 g/mol. The second kappa shape index (κ2) is 7.42. The van der Waals surface area contributed by atoms with Gasteiger partial charge in [-0.3, -0.25) is 9.59 Å². The van der Waals surface area contributed by atoms with E-state index in [0.717, 1.165) is 25.1 Å². The molecule has 1 fully saturated rings. The molecule has 1 saturated heterocycles. The van der Waals surface area contributed by atoms with Gasteiger partial charge >= 0.3 is 0 Å². The lowest BCUT2D eigenvalue weighted by atomic mass is 10.1. The summed E-state index contributed by atoms with van der Waals surface area (Å²) in [4.78, 5) is 29.4. The number of hydrogen-bond acceptors (Lipinski definition) is 3. The molecule has 0 aliphatic carbocycles. The monoisotopic (exact) mass is 348 g/mol. The summed E-state index contributed by atoms with van der Waals surface area (Å²) in [5.74, 6) is -2.63. The van der Waals surface area contributed by atoms with Crippen molar-refractivity contribution in [1.29, 1.82) is 0 Å². The van der Waals surface area contributed by atoms with E-state index in [2.05, 4.69) is 10.3 Å². The summed E-state index contributed by atoms with van der Waals surface area (Å²) in [5, 5.41) is 2.80. The van der Waals surface area contributed by atoms with E-state index < -0.39 is 17.6 Å². The summed E-state index contributed by atoms with van der Waals surface area (Å²) in [6.07, 6.45) is 5.98. The van der Waals surface area contributed by atoms with Crippen molar-refractivity contribution < 1.29 is 18.4 Å². The summed E-state index contributed by atoms with van der Waals surface area (Å²) in [5.41, 5.74) is 0.00167. The van der Waals surface area contributed by atoms with Crippen LogP contribution in [-0.2, 0) is 16.1 Å². The Morgan fingerprint density at radius 1 is 1.36 bits per heavy atom. The first-order valence-corrected chi connectivity index (χ1v) is 8.03. The van der Waals surface area contributed by atoms with E-state index in [0.29, 0.717) is 6.54 Å². The molecular weight excluding hydrogens is 330 g/mol. The standard InChI is InChI=1S/C17H18F2N4O2/c18-13-2-3-15(14(19)9-13)23-10-12(8-16(23)24)17(25)21-4-1-6-22-7-5-20-11-22/h2-3,5,7,9,11-12H,1,4,6,8,10H2,(H,21,25)/t12-/m0/s1. The number of hydrogen-bond donors (Lipinski definition) is 1. The maximum atomic E-state index is 13.8. The minimum atomic E-state index is -0.810. The maximum absolute atomic E-state index is 13.8. The smallest absolute Gasteiger partial charge is 0.227 e. The SMILES string of the molecule is O=C(NCCCn1ccnc1)[C@H]1CC(=O)N(c2ccc(F)cc2F)C1. The molecule has 2 amide bonds. The van der Waals surface area contributed by atoms with E-state index in [9.17, 15) is 18.4 Å². The van der Waals surface area contributed by atoms with Gasteiger partial charge < -0.3 is 14.8 Å². The molecule has 0 saturated carbocycles. The van der Waals surface area contributed by atoms with Crippen LogP contribution in [0.5, 0.6) is 0 Å². The maximum Gasteiger partial charge on any atom is 0.227 e. The normalized spacial score (nSPS) is 17.1. The van der Waals surface area contributed by atoms with Gasteiger partial charge in [0.15, 0.2) is 0 Å². The molecule has 0 bridgehead atoms. The van der Waals surface area contributed by atoms with E-state index in [1.54, 1.807) is 12.5 Å². The van der Waals surface area contributed by atoms with Gasteiger partial charge in [0, 0.05) is 44.5 Å². The Hall–Kier alpha value is -2.77. The van der Waals surface area contributed by atoms with Crippen LogP contribution in [-0.4, -0.2) is 34.5 Å². The van der Waals surface area contributed by atoms with E-state index in [1.165, 1.54) is 11.0 Å². The van der Waals surface area contributed by atoms with Gasteiger partial charge in [-0.2, -0.15) is 0 Å². The topological polar surface area (TPSA) is 67.2 Å². The molecule has 6 nitrogen and oxygen atoms in total. The van der Waals surface area contributed by atoms with Gasteiger partial charge in [0.2, 0.25) is 11.8 Å². The van der Waals surface area contributed by atoms with Gasteiger partial charge in [-0.05, 0) is 18.6 Å². The number of rotatable bonds is 6. The van der Waals surface area contributed by atoms with Gasteiger partial charge in [-0.25, -0.2) is 13.8 Å². The summed E-state index contributed by atoms with van der Waals surface area (Å²) < 4.78 is 28.8. The van der Waals surface area contributed by atoms with E-state index in [1.807, 2.05) is 10.8 Å². The number of anilines is 1. The molecule has 25 heavy (non-hydrogen) atoms. The molecule has 1 N–H and O–H groups in total. The summed E-state index contributed by atoms with van der Waals surface area (Å²) in [6, 6.07) is 3.04. The van der Waals surface area contributed by atoms with Crippen LogP contribution in [0.25, 0.3) is 0 Å². The fraction of sp³-hybridized carbons (Fsp3) is 0.353. The zero-order valence-electron chi connectivity index (χ0n) is 13.5. The third kappa shape index (κ3) is 4.01. The third-order valence-corrected chi connectivity index (χ3v) is 4.15. The Balaban J connectivity index is 1.52. The van der Waals surface area contributed by atoms with Crippen molar-refractivity contribution in [2.24, 2.45) is 5.92 Å². The number of carbonyl (C=O) groups excluding carboxylic acids is 2.